The van der Waals surface area contributed by atoms with E-state index < -0.39 is 0 Å². The highest BCUT2D eigenvalue weighted by Gasteiger charge is 2.21. The summed E-state index contributed by atoms with van der Waals surface area (Å²) in [6.07, 6.45) is 2.53. The maximum atomic E-state index is 9.73. The zero-order valence-electron chi connectivity index (χ0n) is 14.2. The van der Waals surface area contributed by atoms with Crippen molar-refractivity contribution >= 4 is 0 Å². The van der Waals surface area contributed by atoms with Crippen LogP contribution in [0.4, 0.5) is 0 Å². The fraction of sp³-hybridized carbons (Fsp3) is 0.400. The molecule has 0 radical (unpaired) electrons. The summed E-state index contributed by atoms with van der Waals surface area (Å²) in [7, 11) is 0. The average molecular weight is 341 g/mol. The van der Waals surface area contributed by atoms with Crippen molar-refractivity contribution in [2.75, 3.05) is 19.9 Å². The van der Waals surface area contributed by atoms with Crippen LogP contribution >= 0.6 is 0 Å². The molecule has 5 heteroatoms. The van der Waals surface area contributed by atoms with Crippen LogP contribution in [0.3, 0.4) is 0 Å². The first-order valence-electron chi connectivity index (χ1n) is 8.77. The summed E-state index contributed by atoms with van der Waals surface area (Å²) < 4.78 is 16.7. The van der Waals surface area contributed by atoms with Crippen molar-refractivity contribution < 1.29 is 19.3 Å². The minimum atomic E-state index is 0.284. The molecule has 2 heterocycles. The van der Waals surface area contributed by atoms with Gasteiger partial charge >= 0.3 is 0 Å². The zero-order chi connectivity index (χ0) is 17.1. The van der Waals surface area contributed by atoms with E-state index in [-0.39, 0.29) is 6.10 Å². The van der Waals surface area contributed by atoms with Crippen LogP contribution in [0.1, 0.15) is 24.0 Å². The van der Waals surface area contributed by atoms with Crippen molar-refractivity contribution in [1.29, 1.82) is 0 Å². The summed E-state index contributed by atoms with van der Waals surface area (Å²) in [6, 6.07) is 13.5. The number of hydrogen-bond acceptors (Lipinski definition) is 5. The lowest BCUT2D eigenvalue weighted by Crippen LogP contribution is -2.31. The van der Waals surface area contributed by atoms with Crippen LogP contribution in [-0.2, 0) is 17.8 Å². The largest absolute Gasteiger partial charge is 0.508 e. The van der Waals surface area contributed by atoms with E-state index in [4.69, 9.17) is 14.2 Å². The van der Waals surface area contributed by atoms with Crippen molar-refractivity contribution in [3.63, 3.8) is 0 Å². The van der Waals surface area contributed by atoms with E-state index >= 15 is 0 Å². The molecule has 2 aromatic rings. The summed E-state index contributed by atoms with van der Waals surface area (Å²) in [6.45, 7) is 3.59. The predicted molar refractivity (Wildman–Crippen MR) is 93.8 cm³/mol. The molecular weight excluding hydrogens is 318 g/mol. The van der Waals surface area contributed by atoms with Crippen molar-refractivity contribution in [3.05, 3.63) is 53.6 Å². The van der Waals surface area contributed by atoms with E-state index in [0.717, 1.165) is 56.1 Å². The maximum absolute atomic E-state index is 9.73. The van der Waals surface area contributed by atoms with Crippen LogP contribution in [0.5, 0.6) is 17.2 Å². The fourth-order valence-corrected chi connectivity index (χ4v) is 3.47. The van der Waals surface area contributed by atoms with Crippen LogP contribution < -0.4 is 9.47 Å². The van der Waals surface area contributed by atoms with E-state index in [1.54, 1.807) is 6.07 Å². The van der Waals surface area contributed by atoms with E-state index in [2.05, 4.69) is 11.0 Å². The number of phenols is 1. The molecule has 2 aromatic carbocycles. The molecule has 1 fully saturated rings. The number of aromatic hydroxyl groups is 1. The van der Waals surface area contributed by atoms with Gasteiger partial charge in [0.2, 0.25) is 6.79 Å². The highest BCUT2D eigenvalue weighted by molar-refractivity contribution is 5.44. The van der Waals surface area contributed by atoms with Gasteiger partial charge < -0.3 is 19.3 Å². The summed E-state index contributed by atoms with van der Waals surface area (Å²) in [4.78, 5) is 2.36. The number of hydrogen-bond donors (Lipinski definition) is 1. The molecule has 5 nitrogen and oxygen atoms in total. The Kier molecular flexibility index (Phi) is 4.76. The Bertz CT molecular complexity index is 727. The van der Waals surface area contributed by atoms with Gasteiger partial charge in [-0.3, -0.25) is 4.90 Å². The molecule has 0 amide bonds. The van der Waals surface area contributed by atoms with Crippen molar-refractivity contribution in [2.45, 2.75) is 32.0 Å². The molecule has 132 valence electrons. The van der Waals surface area contributed by atoms with E-state index in [1.807, 2.05) is 30.3 Å². The number of phenolic OH excluding ortho intramolecular Hbond substituents is 1. The lowest BCUT2D eigenvalue weighted by Gasteiger charge is -2.25. The molecule has 1 unspecified atom stereocenters. The van der Waals surface area contributed by atoms with E-state index in [9.17, 15) is 5.11 Å². The summed E-state index contributed by atoms with van der Waals surface area (Å²) >= 11 is 0. The Morgan fingerprint density at radius 3 is 2.64 bits per heavy atom. The van der Waals surface area contributed by atoms with Gasteiger partial charge in [-0.25, -0.2) is 0 Å². The van der Waals surface area contributed by atoms with Crippen molar-refractivity contribution in [3.8, 4) is 17.2 Å². The minimum Gasteiger partial charge on any atom is -0.508 e. The van der Waals surface area contributed by atoms with Crippen LogP contribution in [0.2, 0.25) is 0 Å². The third-order valence-electron chi connectivity index (χ3n) is 4.65. The molecule has 1 saturated heterocycles. The summed E-state index contributed by atoms with van der Waals surface area (Å²) in [5.74, 6) is 1.92. The van der Waals surface area contributed by atoms with Gasteiger partial charge in [-0.1, -0.05) is 18.2 Å². The number of rotatable bonds is 6. The van der Waals surface area contributed by atoms with E-state index in [1.165, 1.54) is 5.56 Å². The topological polar surface area (TPSA) is 51.2 Å². The molecule has 0 aliphatic carbocycles. The number of benzene rings is 2. The average Bonchev–Trinajstić information content (AvgIpc) is 3.25. The second-order valence-electron chi connectivity index (χ2n) is 6.66. The zero-order valence-corrected chi connectivity index (χ0v) is 14.2. The first-order chi connectivity index (χ1) is 12.3. The first kappa shape index (κ1) is 16.2. The lowest BCUT2D eigenvalue weighted by molar-refractivity contribution is 0.0679. The van der Waals surface area contributed by atoms with Crippen LogP contribution in [0.25, 0.3) is 0 Å². The van der Waals surface area contributed by atoms with Gasteiger partial charge in [0.1, 0.15) is 5.75 Å². The second-order valence-corrected chi connectivity index (χ2v) is 6.66. The van der Waals surface area contributed by atoms with E-state index in [0.29, 0.717) is 12.5 Å². The molecule has 25 heavy (non-hydrogen) atoms. The number of fused-ring (bicyclic) bond motifs is 1. The first-order valence-corrected chi connectivity index (χ1v) is 8.77. The van der Waals surface area contributed by atoms with Crippen molar-refractivity contribution in [2.24, 2.45) is 0 Å². The van der Waals surface area contributed by atoms with Gasteiger partial charge in [-0.15, -0.1) is 0 Å². The highest BCUT2D eigenvalue weighted by Crippen LogP contribution is 2.33. The van der Waals surface area contributed by atoms with Crippen molar-refractivity contribution in [1.82, 2.24) is 4.90 Å². The van der Waals surface area contributed by atoms with Gasteiger partial charge in [0.05, 0.1) is 6.10 Å². The van der Waals surface area contributed by atoms with Gasteiger partial charge in [-0.2, -0.15) is 0 Å². The predicted octanol–water partition coefficient (Wildman–Crippen LogP) is 3.30. The molecule has 0 spiro atoms. The van der Waals surface area contributed by atoms with Crippen LogP contribution in [0, 0.1) is 0 Å². The molecule has 0 aromatic heterocycles. The second kappa shape index (κ2) is 7.33. The molecule has 1 N–H and O–H groups in total. The third kappa shape index (κ3) is 4.06. The molecule has 0 bridgehead atoms. The number of nitrogens with zero attached hydrogens (tertiary/aromatic N) is 1. The number of ether oxygens (including phenoxy) is 3. The van der Waals surface area contributed by atoms with Gasteiger partial charge in [0.15, 0.2) is 11.5 Å². The molecular formula is C20H23NO4. The monoisotopic (exact) mass is 341 g/mol. The Hall–Kier alpha value is -2.24. The van der Waals surface area contributed by atoms with Crippen LogP contribution in [0.15, 0.2) is 42.5 Å². The molecule has 2 aliphatic heterocycles. The Balaban J connectivity index is 1.49. The minimum absolute atomic E-state index is 0.284. The quantitative estimate of drug-likeness (QED) is 0.874. The van der Waals surface area contributed by atoms with Gasteiger partial charge in [0.25, 0.3) is 0 Å². The fourth-order valence-electron chi connectivity index (χ4n) is 3.47. The summed E-state index contributed by atoms with van der Waals surface area (Å²) in [5, 5.41) is 9.73. The Labute approximate surface area is 147 Å². The molecule has 1 atom stereocenters. The standard InChI is InChI=1S/C20H23NO4/c22-17-4-1-3-15(9-17)11-21(13-18-5-2-8-23-18)12-16-6-7-19-20(10-16)25-14-24-19/h1,3-4,6-7,9-10,18,22H,2,5,8,11-14H2. The van der Waals surface area contributed by atoms with Crippen LogP contribution in [-0.4, -0.2) is 36.1 Å². The Morgan fingerprint density at radius 1 is 1.00 bits per heavy atom. The molecule has 4 rings (SSSR count). The SMILES string of the molecule is Oc1cccc(CN(Cc2ccc3c(c2)OCO3)CC2CCCO2)c1. The van der Waals surface area contributed by atoms with Gasteiger partial charge in [0, 0.05) is 26.2 Å². The normalized spacial score (nSPS) is 18.8. The summed E-state index contributed by atoms with van der Waals surface area (Å²) in [5.41, 5.74) is 2.28. The highest BCUT2D eigenvalue weighted by atomic mass is 16.7. The Morgan fingerprint density at radius 2 is 1.84 bits per heavy atom. The van der Waals surface area contributed by atoms with Gasteiger partial charge in [-0.05, 0) is 48.2 Å². The molecule has 2 aliphatic rings. The molecule has 0 saturated carbocycles. The third-order valence-corrected chi connectivity index (χ3v) is 4.65. The lowest BCUT2D eigenvalue weighted by atomic mass is 10.1. The maximum Gasteiger partial charge on any atom is 0.231 e. The smallest absolute Gasteiger partial charge is 0.231 e.